The van der Waals surface area contributed by atoms with Crippen molar-refractivity contribution in [3.8, 4) is 0 Å². The maximum Gasteiger partial charge on any atom is 0.245 e. The van der Waals surface area contributed by atoms with E-state index < -0.39 is 0 Å². The fourth-order valence-electron chi connectivity index (χ4n) is 4.02. The molecule has 2 heterocycles. The summed E-state index contributed by atoms with van der Waals surface area (Å²) in [5, 5.41) is 0.559. The van der Waals surface area contributed by atoms with Crippen molar-refractivity contribution in [1.29, 1.82) is 0 Å². The second kappa shape index (κ2) is 5.96. The molecule has 112 valence electrons. The van der Waals surface area contributed by atoms with E-state index >= 15 is 0 Å². The van der Waals surface area contributed by atoms with Crippen molar-refractivity contribution in [2.45, 2.75) is 62.3 Å². The number of carbonyl (C=O) groups is 2. The molecule has 1 saturated carbocycles. The summed E-state index contributed by atoms with van der Waals surface area (Å²) in [5.41, 5.74) is 0. The molecule has 2 saturated heterocycles. The molecule has 0 aromatic carbocycles. The fourth-order valence-corrected chi connectivity index (χ4v) is 5.01. The molecule has 4 nitrogen and oxygen atoms in total. The van der Waals surface area contributed by atoms with E-state index in [-0.39, 0.29) is 17.9 Å². The van der Waals surface area contributed by atoms with Gasteiger partial charge < -0.3 is 9.80 Å². The predicted octanol–water partition coefficient (Wildman–Crippen LogP) is 1.88. The van der Waals surface area contributed by atoms with Gasteiger partial charge in [0.15, 0.2) is 0 Å². The van der Waals surface area contributed by atoms with Gasteiger partial charge in [-0.3, -0.25) is 9.59 Å². The monoisotopic (exact) mass is 296 g/mol. The highest BCUT2D eigenvalue weighted by Gasteiger charge is 2.42. The molecule has 0 spiro atoms. The highest BCUT2D eigenvalue weighted by Crippen LogP contribution is 2.34. The molecule has 3 unspecified atom stereocenters. The first-order valence-corrected chi connectivity index (χ1v) is 9.14. The first-order chi connectivity index (χ1) is 9.72. The number of hydrogen-bond donors (Lipinski definition) is 0. The lowest BCUT2D eigenvalue weighted by Gasteiger charge is -2.37. The molecular weight excluding hydrogens is 272 g/mol. The van der Waals surface area contributed by atoms with E-state index in [2.05, 4.69) is 11.2 Å². The summed E-state index contributed by atoms with van der Waals surface area (Å²) in [5.74, 6) is 0.408. The molecule has 0 aromatic heterocycles. The molecule has 0 radical (unpaired) electrons. The molecule has 3 fully saturated rings. The Morgan fingerprint density at radius 1 is 1.00 bits per heavy atom. The van der Waals surface area contributed by atoms with E-state index in [0.717, 1.165) is 32.2 Å². The molecule has 1 aliphatic carbocycles. The Morgan fingerprint density at radius 2 is 1.85 bits per heavy atom. The summed E-state index contributed by atoms with van der Waals surface area (Å²) in [6.45, 7) is 1.41. The highest BCUT2D eigenvalue weighted by atomic mass is 32.2. The van der Waals surface area contributed by atoms with E-state index in [1.165, 1.54) is 12.8 Å². The van der Waals surface area contributed by atoms with Gasteiger partial charge in [0.1, 0.15) is 6.04 Å². The molecule has 0 bridgehead atoms. The van der Waals surface area contributed by atoms with Crippen LogP contribution in [0.1, 0.15) is 44.9 Å². The lowest BCUT2D eigenvalue weighted by Crippen LogP contribution is -2.52. The topological polar surface area (TPSA) is 40.6 Å². The Kier molecular flexibility index (Phi) is 4.24. The zero-order valence-corrected chi connectivity index (χ0v) is 13.0. The maximum atomic E-state index is 12.9. The number of fused-ring (bicyclic) bond motifs is 1. The van der Waals surface area contributed by atoms with Crippen molar-refractivity contribution < 1.29 is 9.59 Å². The minimum Gasteiger partial charge on any atom is -0.336 e. The summed E-state index contributed by atoms with van der Waals surface area (Å²) < 4.78 is 0. The zero-order chi connectivity index (χ0) is 14.1. The predicted molar refractivity (Wildman–Crippen MR) is 80.6 cm³/mol. The standard InChI is InChI=1S/C15H24N2O2S/c1-20-13-7-4-6-11(13)17-10-8-14(18)16-9-3-2-5-12(16)15(17)19/h11-13H,2-10H2,1H3. The van der Waals surface area contributed by atoms with Crippen molar-refractivity contribution in [3.05, 3.63) is 0 Å². The molecule has 3 rings (SSSR count). The number of carbonyl (C=O) groups excluding carboxylic acids is 2. The molecule has 5 heteroatoms. The number of nitrogens with zero attached hydrogens (tertiary/aromatic N) is 2. The van der Waals surface area contributed by atoms with Crippen molar-refractivity contribution in [1.82, 2.24) is 9.80 Å². The second-order valence-corrected chi connectivity index (χ2v) is 7.23. The molecule has 3 atom stereocenters. The first-order valence-electron chi connectivity index (χ1n) is 7.85. The fraction of sp³-hybridized carbons (Fsp3) is 0.867. The second-order valence-electron chi connectivity index (χ2n) is 6.15. The summed E-state index contributed by atoms with van der Waals surface area (Å²) in [6, 6.07) is 0.189. The van der Waals surface area contributed by atoms with Gasteiger partial charge in [0.05, 0.1) is 0 Å². The van der Waals surface area contributed by atoms with Gasteiger partial charge in [0.2, 0.25) is 11.8 Å². The van der Waals surface area contributed by atoms with Crippen LogP contribution in [0.5, 0.6) is 0 Å². The minimum absolute atomic E-state index is 0.165. The summed E-state index contributed by atoms with van der Waals surface area (Å²) in [7, 11) is 0. The van der Waals surface area contributed by atoms with Crippen LogP contribution in [0, 0.1) is 0 Å². The number of amides is 2. The van der Waals surface area contributed by atoms with Crippen LogP contribution in [0.15, 0.2) is 0 Å². The Morgan fingerprint density at radius 3 is 2.65 bits per heavy atom. The molecule has 0 N–H and O–H groups in total. The molecule has 20 heavy (non-hydrogen) atoms. The average Bonchev–Trinajstić information content (AvgIpc) is 2.91. The minimum atomic E-state index is -0.165. The molecule has 0 aromatic rings. The van der Waals surface area contributed by atoms with Gasteiger partial charge in [0, 0.05) is 30.8 Å². The van der Waals surface area contributed by atoms with E-state index in [0.29, 0.717) is 24.3 Å². The SMILES string of the molecule is CSC1CCCC1N1CCC(=O)N2CCCCC2C1=O. The lowest BCUT2D eigenvalue weighted by atomic mass is 10.0. The highest BCUT2D eigenvalue weighted by molar-refractivity contribution is 7.99. The summed E-state index contributed by atoms with van der Waals surface area (Å²) in [6.07, 6.45) is 9.16. The van der Waals surface area contributed by atoms with Crippen LogP contribution in [0.4, 0.5) is 0 Å². The normalized spacial score (nSPS) is 35.1. The van der Waals surface area contributed by atoms with Crippen LogP contribution in [-0.2, 0) is 9.59 Å². The quantitative estimate of drug-likeness (QED) is 0.781. The molecule has 2 amide bonds. The van der Waals surface area contributed by atoms with E-state index in [4.69, 9.17) is 0 Å². The first kappa shape index (κ1) is 14.2. The van der Waals surface area contributed by atoms with Gasteiger partial charge in [-0.1, -0.05) is 6.42 Å². The van der Waals surface area contributed by atoms with Gasteiger partial charge in [-0.05, 0) is 38.4 Å². The average molecular weight is 296 g/mol. The largest absolute Gasteiger partial charge is 0.336 e. The maximum absolute atomic E-state index is 12.9. The number of piperidine rings is 1. The Hall–Kier alpha value is -0.710. The van der Waals surface area contributed by atoms with E-state index in [1.807, 2.05) is 16.7 Å². The molecule has 2 aliphatic heterocycles. The van der Waals surface area contributed by atoms with E-state index in [9.17, 15) is 9.59 Å². The van der Waals surface area contributed by atoms with Crippen LogP contribution in [-0.4, -0.2) is 58.3 Å². The molecule has 3 aliphatic rings. The number of rotatable bonds is 2. The van der Waals surface area contributed by atoms with Crippen molar-refractivity contribution in [2.75, 3.05) is 19.3 Å². The van der Waals surface area contributed by atoms with Crippen LogP contribution in [0.2, 0.25) is 0 Å². The van der Waals surface area contributed by atoms with Gasteiger partial charge in [-0.15, -0.1) is 0 Å². The summed E-state index contributed by atoms with van der Waals surface area (Å²) in [4.78, 5) is 29.1. The third-order valence-electron chi connectivity index (χ3n) is 5.08. The van der Waals surface area contributed by atoms with E-state index in [1.54, 1.807) is 0 Å². The smallest absolute Gasteiger partial charge is 0.245 e. The Bertz CT molecular complexity index is 401. The van der Waals surface area contributed by atoms with Crippen molar-refractivity contribution in [3.63, 3.8) is 0 Å². The number of thioether (sulfide) groups is 1. The summed E-state index contributed by atoms with van der Waals surface area (Å²) >= 11 is 1.88. The Labute approximate surface area is 125 Å². The van der Waals surface area contributed by atoms with Crippen LogP contribution < -0.4 is 0 Å². The van der Waals surface area contributed by atoms with Gasteiger partial charge >= 0.3 is 0 Å². The lowest BCUT2D eigenvalue weighted by molar-refractivity contribution is -0.144. The van der Waals surface area contributed by atoms with Gasteiger partial charge in [-0.2, -0.15) is 11.8 Å². The zero-order valence-electron chi connectivity index (χ0n) is 12.2. The van der Waals surface area contributed by atoms with Gasteiger partial charge in [-0.25, -0.2) is 0 Å². The third-order valence-corrected chi connectivity index (χ3v) is 6.23. The van der Waals surface area contributed by atoms with Crippen LogP contribution >= 0.6 is 11.8 Å². The molecular formula is C15H24N2O2S. The van der Waals surface area contributed by atoms with Crippen LogP contribution in [0.3, 0.4) is 0 Å². The van der Waals surface area contributed by atoms with Gasteiger partial charge in [0.25, 0.3) is 0 Å². The van der Waals surface area contributed by atoms with Crippen molar-refractivity contribution >= 4 is 23.6 Å². The number of hydrogen-bond acceptors (Lipinski definition) is 3. The third kappa shape index (κ3) is 2.45. The van der Waals surface area contributed by atoms with Crippen LogP contribution in [0.25, 0.3) is 0 Å². The Balaban J connectivity index is 1.81. The van der Waals surface area contributed by atoms with Crippen molar-refractivity contribution in [2.24, 2.45) is 0 Å².